The zero-order valence-electron chi connectivity index (χ0n) is 15.5. The van der Waals surface area contributed by atoms with Gasteiger partial charge < -0.3 is 4.90 Å². The summed E-state index contributed by atoms with van der Waals surface area (Å²) in [4.78, 5) is 38.3. The number of amides is 3. The minimum Gasteiger partial charge on any atom is -0.338 e. The van der Waals surface area contributed by atoms with Crippen LogP contribution in [0.25, 0.3) is 0 Å². The van der Waals surface area contributed by atoms with E-state index >= 15 is 0 Å². The maximum absolute atomic E-state index is 12.9. The Morgan fingerprint density at radius 1 is 1.26 bits per heavy atom. The van der Waals surface area contributed by atoms with E-state index in [1.807, 2.05) is 42.8 Å². The van der Waals surface area contributed by atoms with Crippen molar-refractivity contribution in [2.45, 2.75) is 33.2 Å². The number of likely N-dealkylation sites (tertiary alicyclic amines) is 1. The molecule has 7 heteroatoms. The third-order valence-electron chi connectivity index (χ3n) is 5.48. The topological polar surface area (TPSA) is 84.3 Å². The van der Waals surface area contributed by atoms with Crippen molar-refractivity contribution in [3.63, 3.8) is 0 Å². The van der Waals surface area contributed by atoms with Crippen LogP contribution in [0.3, 0.4) is 0 Å². The van der Waals surface area contributed by atoms with Gasteiger partial charge >= 0.3 is 0 Å². The normalized spacial score (nSPS) is 21.9. The second kappa shape index (κ2) is 6.33. The van der Waals surface area contributed by atoms with Gasteiger partial charge in [0.25, 0.3) is 5.91 Å². The molecular formula is C20H22N4O3. The van der Waals surface area contributed by atoms with E-state index in [1.54, 1.807) is 11.0 Å². The van der Waals surface area contributed by atoms with Crippen LogP contribution in [0.15, 0.2) is 30.3 Å². The van der Waals surface area contributed by atoms with Gasteiger partial charge in [0.2, 0.25) is 11.8 Å². The van der Waals surface area contributed by atoms with Crippen LogP contribution in [0.2, 0.25) is 0 Å². The molecule has 7 nitrogen and oxygen atoms in total. The Morgan fingerprint density at radius 3 is 2.74 bits per heavy atom. The van der Waals surface area contributed by atoms with Gasteiger partial charge in [-0.3, -0.25) is 24.4 Å². The van der Waals surface area contributed by atoms with Gasteiger partial charge in [-0.05, 0) is 44.0 Å². The monoisotopic (exact) mass is 366 g/mol. The number of imide groups is 1. The zero-order chi connectivity index (χ0) is 19.2. The van der Waals surface area contributed by atoms with Crippen LogP contribution in [0, 0.1) is 19.3 Å². The Hall–Kier alpha value is -2.96. The third kappa shape index (κ3) is 3.13. The maximum atomic E-state index is 12.9. The number of rotatable bonds is 3. The first kappa shape index (κ1) is 17.5. The first-order valence-electron chi connectivity index (χ1n) is 9.10. The molecule has 1 spiro atoms. The number of benzene rings is 1. The SMILES string of the molecule is Cc1cc(C)n(Cc2cccc(C(=O)N3CC[C@@]4(CC(=O)NC4=O)C3)c2)n1. The van der Waals surface area contributed by atoms with Crippen LogP contribution in [-0.4, -0.2) is 45.5 Å². The fourth-order valence-electron chi connectivity index (χ4n) is 4.06. The molecule has 1 atom stereocenters. The van der Waals surface area contributed by atoms with Crippen molar-refractivity contribution in [2.24, 2.45) is 5.41 Å². The predicted molar refractivity (Wildman–Crippen MR) is 98.0 cm³/mol. The lowest BCUT2D eigenvalue weighted by Crippen LogP contribution is -2.36. The highest BCUT2D eigenvalue weighted by Gasteiger charge is 2.51. The van der Waals surface area contributed by atoms with Crippen LogP contribution < -0.4 is 5.32 Å². The highest BCUT2D eigenvalue weighted by molar-refractivity contribution is 6.06. The first-order chi connectivity index (χ1) is 12.9. The molecule has 0 bridgehead atoms. The van der Waals surface area contributed by atoms with Crippen LogP contribution in [-0.2, 0) is 16.1 Å². The lowest BCUT2D eigenvalue weighted by Gasteiger charge is -2.20. The molecule has 0 radical (unpaired) electrons. The van der Waals surface area contributed by atoms with Gasteiger partial charge in [0.05, 0.1) is 17.7 Å². The lowest BCUT2D eigenvalue weighted by molar-refractivity contribution is -0.128. The fourth-order valence-corrected chi connectivity index (χ4v) is 4.06. The Morgan fingerprint density at radius 2 is 2.07 bits per heavy atom. The van der Waals surface area contributed by atoms with Crippen LogP contribution >= 0.6 is 0 Å². The molecule has 2 aliphatic rings. The molecule has 1 aromatic carbocycles. The molecule has 3 heterocycles. The van der Waals surface area contributed by atoms with Crippen LogP contribution in [0.1, 0.15) is 40.2 Å². The minimum atomic E-state index is -0.742. The number of nitrogens with zero attached hydrogens (tertiary/aromatic N) is 3. The summed E-state index contributed by atoms with van der Waals surface area (Å²) in [6.07, 6.45) is 0.704. The summed E-state index contributed by atoms with van der Waals surface area (Å²) in [6.45, 7) is 5.34. The Bertz CT molecular complexity index is 948. The average Bonchev–Trinajstić information content (AvgIpc) is 3.26. The molecule has 2 aliphatic heterocycles. The summed E-state index contributed by atoms with van der Waals surface area (Å²) < 4.78 is 1.91. The van der Waals surface area contributed by atoms with E-state index in [2.05, 4.69) is 10.4 Å². The highest BCUT2D eigenvalue weighted by Crippen LogP contribution is 2.38. The second-order valence-electron chi connectivity index (χ2n) is 7.60. The van der Waals surface area contributed by atoms with E-state index in [9.17, 15) is 14.4 Å². The van der Waals surface area contributed by atoms with Gasteiger partial charge in [0.1, 0.15) is 0 Å². The minimum absolute atomic E-state index is 0.103. The first-order valence-corrected chi connectivity index (χ1v) is 9.10. The summed E-state index contributed by atoms with van der Waals surface area (Å²) in [5, 5.41) is 6.83. The fraction of sp³-hybridized carbons (Fsp3) is 0.400. The van der Waals surface area contributed by atoms with Crippen molar-refractivity contribution in [3.8, 4) is 0 Å². The molecule has 27 heavy (non-hydrogen) atoms. The van der Waals surface area contributed by atoms with E-state index in [0.29, 0.717) is 31.6 Å². The van der Waals surface area contributed by atoms with Gasteiger partial charge in [-0.1, -0.05) is 12.1 Å². The number of hydrogen-bond donors (Lipinski definition) is 1. The quantitative estimate of drug-likeness (QED) is 0.833. The van der Waals surface area contributed by atoms with E-state index in [4.69, 9.17) is 0 Å². The third-order valence-corrected chi connectivity index (χ3v) is 5.48. The molecule has 0 saturated carbocycles. The van der Waals surface area contributed by atoms with Gasteiger partial charge in [-0.25, -0.2) is 0 Å². The van der Waals surface area contributed by atoms with Crippen molar-refractivity contribution < 1.29 is 14.4 Å². The highest BCUT2D eigenvalue weighted by atomic mass is 16.2. The number of nitrogens with one attached hydrogen (secondary N) is 1. The van der Waals surface area contributed by atoms with Crippen molar-refractivity contribution >= 4 is 17.7 Å². The molecule has 1 aromatic heterocycles. The zero-order valence-corrected chi connectivity index (χ0v) is 15.5. The van der Waals surface area contributed by atoms with Crippen LogP contribution in [0.4, 0.5) is 0 Å². The summed E-state index contributed by atoms with van der Waals surface area (Å²) in [5.41, 5.74) is 2.88. The summed E-state index contributed by atoms with van der Waals surface area (Å²) in [6, 6.07) is 9.53. The molecule has 4 rings (SSSR count). The predicted octanol–water partition coefficient (Wildman–Crippen LogP) is 1.43. The Labute approximate surface area is 157 Å². The number of hydrogen-bond acceptors (Lipinski definition) is 4. The molecule has 1 N–H and O–H groups in total. The number of carbonyl (C=O) groups excluding carboxylic acids is 3. The molecule has 2 aromatic rings. The van der Waals surface area contributed by atoms with Crippen molar-refractivity contribution in [1.29, 1.82) is 0 Å². The second-order valence-corrected chi connectivity index (χ2v) is 7.60. The molecule has 3 amide bonds. The Kier molecular flexibility index (Phi) is 4.09. The van der Waals surface area contributed by atoms with Crippen LogP contribution in [0.5, 0.6) is 0 Å². The van der Waals surface area contributed by atoms with Gasteiger partial charge in [-0.15, -0.1) is 0 Å². The van der Waals surface area contributed by atoms with E-state index in [1.165, 1.54) is 0 Å². The summed E-state index contributed by atoms with van der Waals surface area (Å²) >= 11 is 0. The summed E-state index contributed by atoms with van der Waals surface area (Å²) in [5.74, 6) is -0.600. The van der Waals surface area contributed by atoms with Gasteiger partial charge in [0.15, 0.2) is 0 Å². The number of aromatic nitrogens is 2. The number of carbonyl (C=O) groups is 3. The van der Waals surface area contributed by atoms with Crippen molar-refractivity contribution in [2.75, 3.05) is 13.1 Å². The molecule has 2 fully saturated rings. The molecule has 0 unspecified atom stereocenters. The molecule has 2 saturated heterocycles. The summed E-state index contributed by atoms with van der Waals surface area (Å²) in [7, 11) is 0. The van der Waals surface area contributed by atoms with Crippen molar-refractivity contribution in [3.05, 3.63) is 52.8 Å². The largest absolute Gasteiger partial charge is 0.338 e. The van der Waals surface area contributed by atoms with Gasteiger partial charge in [0, 0.05) is 30.8 Å². The molecule has 0 aliphatic carbocycles. The number of aryl methyl sites for hydroxylation is 2. The van der Waals surface area contributed by atoms with E-state index in [-0.39, 0.29) is 24.1 Å². The maximum Gasteiger partial charge on any atom is 0.253 e. The smallest absolute Gasteiger partial charge is 0.253 e. The molecular weight excluding hydrogens is 344 g/mol. The Balaban J connectivity index is 1.51. The van der Waals surface area contributed by atoms with E-state index < -0.39 is 5.41 Å². The van der Waals surface area contributed by atoms with E-state index in [0.717, 1.165) is 17.0 Å². The standard InChI is InChI=1S/C20H22N4O3/c1-13-8-14(2)24(22-13)11-15-4-3-5-16(9-15)18(26)23-7-6-20(12-23)10-17(25)21-19(20)27/h3-5,8-9H,6-7,10-12H2,1-2H3,(H,21,25,27)/t20-/m1/s1. The van der Waals surface area contributed by atoms with Crippen molar-refractivity contribution in [1.82, 2.24) is 20.0 Å². The molecule has 140 valence electrons. The average molecular weight is 366 g/mol. The lowest BCUT2D eigenvalue weighted by atomic mass is 9.85. The van der Waals surface area contributed by atoms with Gasteiger partial charge in [-0.2, -0.15) is 5.10 Å².